The summed E-state index contributed by atoms with van der Waals surface area (Å²) in [6.07, 6.45) is 1.06. The minimum absolute atomic E-state index is 0.0567. The van der Waals surface area contributed by atoms with Gasteiger partial charge >= 0.3 is 0 Å². The third kappa shape index (κ3) is 2.53. The summed E-state index contributed by atoms with van der Waals surface area (Å²) < 4.78 is 13.4. The van der Waals surface area contributed by atoms with Crippen LogP contribution in [0.5, 0.6) is 0 Å². The Kier molecular flexibility index (Phi) is 3.00. The highest BCUT2D eigenvalue weighted by Crippen LogP contribution is 2.13. The lowest BCUT2D eigenvalue weighted by molar-refractivity contribution is -0.137. The van der Waals surface area contributed by atoms with Gasteiger partial charge in [0.25, 0.3) is 0 Å². The Bertz CT molecular complexity index is 362. The monoisotopic (exact) mass is 272 g/mol. The molecule has 2 rings (SSSR count). The van der Waals surface area contributed by atoms with Crippen LogP contribution < -0.4 is 0 Å². The average molecular weight is 273 g/mol. The fourth-order valence-electron chi connectivity index (χ4n) is 1.41. The molecule has 1 aliphatic heterocycles. The molecule has 1 fully saturated rings. The second kappa shape index (κ2) is 4.26. The zero-order valence-electron chi connectivity index (χ0n) is 7.99. The van der Waals surface area contributed by atoms with Crippen LogP contribution in [0.1, 0.15) is 5.69 Å². The summed E-state index contributed by atoms with van der Waals surface area (Å²) in [6.45, 7) is 0.463. The summed E-state index contributed by atoms with van der Waals surface area (Å²) in [5.74, 6) is -0.0567. The van der Waals surface area contributed by atoms with Crippen LogP contribution in [0.4, 0.5) is 4.39 Å². The van der Waals surface area contributed by atoms with Crippen molar-refractivity contribution in [2.24, 2.45) is 0 Å². The molecular formula is C10H10BrFN2O. The van der Waals surface area contributed by atoms with Crippen LogP contribution in [0, 0.1) is 0 Å². The molecule has 1 aromatic rings. The molecule has 1 aromatic heterocycles. The number of rotatable bonds is 2. The highest BCUT2D eigenvalue weighted by Gasteiger charge is 2.30. The van der Waals surface area contributed by atoms with Crippen molar-refractivity contribution >= 4 is 21.8 Å². The lowest BCUT2D eigenvalue weighted by Gasteiger charge is -2.34. The number of carbonyl (C=O) groups is 1. The molecular weight excluding hydrogens is 263 g/mol. The lowest BCUT2D eigenvalue weighted by Crippen LogP contribution is -2.52. The van der Waals surface area contributed by atoms with Crippen molar-refractivity contribution in [3.05, 3.63) is 28.5 Å². The van der Waals surface area contributed by atoms with Gasteiger partial charge in [-0.25, -0.2) is 4.39 Å². The zero-order chi connectivity index (χ0) is 10.8. The Labute approximate surface area is 95.4 Å². The van der Waals surface area contributed by atoms with Crippen molar-refractivity contribution < 1.29 is 9.18 Å². The third-order valence-corrected chi connectivity index (χ3v) is 2.78. The fraction of sp³-hybridized carbons (Fsp3) is 0.400. The topological polar surface area (TPSA) is 33.2 Å². The summed E-state index contributed by atoms with van der Waals surface area (Å²) in [5.41, 5.74) is 0.713. The van der Waals surface area contributed by atoms with Crippen molar-refractivity contribution in [2.75, 3.05) is 13.1 Å². The number of amides is 1. The first kappa shape index (κ1) is 10.5. The van der Waals surface area contributed by atoms with Crippen LogP contribution in [-0.2, 0) is 11.2 Å². The number of pyridine rings is 1. The molecule has 2 heterocycles. The first-order chi connectivity index (χ1) is 7.15. The van der Waals surface area contributed by atoms with Gasteiger partial charge in [-0.2, -0.15) is 0 Å². The molecule has 1 saturated heterocycles. The molecule has 0 N–H and O–H groups in total. The van der Waals surface area contributed by atoms with Gasteiger partial charge in [-0.15, -0.1) is 0 Å². The SMILES string of the molecule is O=C(Cc1ccc(Br)cn1)N1CC(F)C1. The summed E-state index contributed by atoms with van der Waals surface area (Å²) in [4.78, 5) is 17.1. The highest BCUT2D eigenvalue weighted by atomic mass is 79.9. The molecule has 0 spiro atoms. The third-order valence-electron chi connectivity index (χ3n) is 2.31. The van der Waals surface area contributed by atoms with E-state index in [-0.39, 0.29) is 25.4 Å². The first-order valence-corrected chi connectivity index (χ1v) is 5.47. The van der Waals surface area contributed by atoms with E-state index in [1.54, 1.807) is 12.3 Å². The maximum absolute atomic E-state index is 12.5. The minimum atomic E-state index is -0.841. The maximum atomic E-state index is 12.5. The standard InChI is InChI=1S/C10H10BrFN2O/c11-7-1-2-9(13-4-7)3-10(15)14-5-8(12)6-14/h1-2,4,8H,3,5-6H2. The summed E-state index contributed by atoms with van der Waals surface area (Å²) in [6, 6.07) is 3.62. The number of hydrogen-bond donors (Lipinski definition) is 0. The van der Waals surface area contributed by atoms with Crippen LogP contribution in [0.15, 0.2) is 22.8 Å². The minimum Gasteiger partial charge on any atom is -0.336 e. The molecule has 0 radical (unpaired) electrons. The summed E-state index contributed by atoms with van der Waals surface area (Å²) in [7, 11) is 0. The lowest BCUT2D eigenvalue weighted by atomic mass is 10.1. The van der Waals surface area contributed by atoms with Gasteiger partial charge in [0, 0.05) is 16.4 Å². The second-order valence-electron chi connectivity index (χ2n) is 3.54. The van der Waals surface area contributed by atoms with Gasteiger partial charge in [-0.1, -0.05) is 0 Å². The maximum Gasteiger partial charge on any atom is 0.228 e. The van der Waals surface area contributed by atoms with Gasteiger partial charge in [-0.05, 0) is 28.1 Å². The number of nitrogens with zero attached hydrogens (tertiary/aromatic N) is 2. The summed E-state index contributed by atoms with van der Waals surface area (Å²) in [5, 5.41) is 0. The van der Waals surface area contributed by atoms with E-state index in [1.807, 2.05) is 6.07 Å². The van der Waals surface area contributed by atoms with Gasteiger partial charge < -0.3 is 4.90 Å². The van der Waals surface area contributed by atoms with E-state index in [1.165, 1.54) is 4.90 Å². The average Bonchev–Trinajstić information content (AvgIpc) is 2.17. The molecule has 1 aliphatic rings. The molecule has 0 saturated carbocycles. The van der Waals surface area contributed by atoms with Crippen molar-refractivity contribution in [3.8, 4) is 0 Å². The van der Waals surface area contributed by atoms with Gasteiger partial charge in [-0.3, -0.25) is 9.78 Å². The predicted octanol–water partition coefficient (Wildman–Crippen LogP) is 1.57. The number of hydrogen-bond acceptors (Lipinski definition) is 2. The Morgan fingerprint density at radius 3 is 2.87 bits per heavy atom. The number of halogens is 2. The molecule has 0 aliphatic carbocycles. The molecule has 0 aromatic carbocycles. The smallest absolute Gasteiger partial charge is 0.228 e. The van der Waals surface area contributed by atoms with Crippen LogP contribution in [0.2, 0.25) is 0 Å². The van der Waals surface area contributed by atoms with Gasteiger partial charge in [0.15, 0.2) is 0 Å². The van der Waals surface area contributed by atoms with E-state index in [0.29, 0.717) is 5.69 Å². The molecule has 15 heavy (non-hydrogen) atoms. The number of carbonyl (C=O) groups excluding carboxylic acids is 1. The number of aromatic nitrogens is 1. The quantitative estimate of drug-likeness (QED) is 0.819. The molecule has 3 nitrogen and oxygen atoms in total. The van der Waals surface area contributed by atoms with Crippen LogP contribution >= 0.6 is 15.9 Å². The Morgan fingerprint density at radius 1 is 1.60 bits per heavy atom. The second-order valence-corrected chi connectivity index (χ2v) is 4.46. The molecule has 5 heteroatoms. The van der Waals surface area contributed by atoms with Crippen molar-refractivity contribution in [1.82, 2.24) is 9.88 Å². The molecule has 0 bridgehead atoms. The summed E-state index contributed by atoms with van der Waals surface area (Å²) >= 11 is 3.27. The van der Waals surface area contributed by atoms with E-state index in [0.717, 1.165) is 4.47 Å². The molecule has 0 unspecified atom stereocenters. The van der Waals surface area contributed by atoms with Crippen LogP contribution in [-0.4, -0.2) is 35.1 Å². The fourth-order valence-corrected chi connectivity index (χ4v) is 1.64. The van der Waals surface area contributed by atoms with Crippen molar-refractivity contribution in [2.45, 2.75) is 12.6 Å². The van der Waals surface area contributed by atoms with E-state index in [9.17, 15) is 9.18 Å². The Morgan fingerprint density at radius 2 is 2.33 bits per heavy atom. The first-order valence-electron chi connectivity index (χ1n) is 4.67. The Balaban J connectivity index is 1.91. The molecule has 80 valence electrons. The van der Waals surface area contributed by atoms with Gasteiger partial charge in [0.05, 0.1) is 19.5 Å². The Hall–Kier alpha value is -0.970. The van der Waals surface area contributed by atoms with Gasteiger partial charge in [0.2, 0.25) is 5.91 Å². The van der Waals surface area contributed by atoms with Crippen molar-refractivity contribution in [1.29, 1.82) is 0 Å². The molecule has 0 atom stereocenters. The van der Waals surface area contributed by atoms with Gasteiger partial charge in [0.1, 0.15) is 6.17 Å². The van der Waals surface area contributed by atoms with E-state index in [2.05, 4.69) is 20.9 Å². The van der Waals surface area contributed by atoms with E-state index >= 15 is 0 Å². The van der Waals surface area contributed by atoms with E-state index < -0.39 is 6.17 Å². The normalized spacial score (nSPS) is 16.3. The van der Waals surface area contributed by atoms with E-state index in [4.69, 9.17) is 0 Å². The van der Waals surface area contributed by atoms with Crippen LogP contribution in [0.25, 0.3) is 0 Å². The molecule has 1 amide bonds. The number of likely N-dealkylation sites (tertiary alicyclic amines) is 1. The zero-order valence-corrected chi connectivity index (χ0v) is 9.58. The van der Waals surface area contributed by atoms with Crippen LogP contribution in [0.3, 0.4) is 0 Å². The largest absolute Gasteiger partial charge is 0.336 e. The number of alkyl halides is 1. The highest BCUT2D eigenvalue weighted by molar-refractivity contribution is 9.10. The van der Waals surface area contributed by atoms with Crippen molar-refractivity contribution in [3.63, 3.8) is 0 Å². The predicted molar refractivity (Wildman–Crippen MR) is 57.1 cm³/mol.